The number of methoxy groups -OCH3 is 1. The number of hydrogen-bond donors (Lipinski definition) is 3. The molecule has 2 aromatic rings. The highest BCUT2D eigenvalue weighted by molar-refractivity contribution is 14.0. The van der Waals surface area contributed by atoms with Gasteiger partial charge in [0.05, 0.1) is 0 Å². The highest BCUT2D eigenvalue weighted by Gasteiger charge is 2.05. The van der Waals surface area contributed by atoms with E-state index in [1.807, 2.05) is 12.3 Å². The molecular weight excluding hydrogens is 460 g/mol. The molecule has 2 rings (SSSR count). The Hall–Kier alpha value is -1.39. The first kappa shape index (κ1) is 23.6. The number of nitrogens with zero attached hydrogens (tertiary/aromatic N) is 2. The van der Waals surface area contributed by atoms with Crippen LogP contribution in [-0.2, 0) is 11.2 Å². The van der Waals surface area contributed by atoms with Crippen molar-refractivity contribution in [1.29, 1.82) is 0 Å². The second-order valence-electron chi connectivity index (χ2n) is 6.33. The number of halogens is 2. The summed E-state index contributed by atoms with van der Waals surface area (Å²) in [5, 5.41) is 7.71. The second kappa shape index (κ2) is 12.9. The molecule has 0 radical (unpaired) electrons. The molecule has 0 aliphatic carbocycles. The third kappa shape index (κ3) is 8.02. The van der Waals surface area contributed by atoms with Gasteiger partial charge in [-0.3, -0.25) is 4.99 Å². The third-order valence-electron chi connectivity index (χ3n) is 4.31. The molecule has 0 spiro atoms. The first-order chi connectivity index (χ1) is 12.6. The van der Waals surface area contributed by atoms with Gasteiger partial charge in [-0.05, 0) is 43.7 Å². The average Bonchev–Trinajstić information content (AvgIpc) is 3.02. The van der Waals surface area contributed by atoms with E-state index < -0.39 is 0 Å². The summed E-state index contributed by atoms with van der Waals surface area (Å²) in [5.41, 5.74) is 2.00. The zero-order valence-corrected chi connectivity index (χ0v) is 18.7. The van der Waals surface area contributed by atoms with Crippen molar-refractivity contribution in [3.8, 4) is 0 Å². The van der Waals surface area contributed by atoms with Crippen molar-refractivity contribution in [2.75, 3.05) is 54.0 Å². The van der Waals surface area contributed by atoms with Crippen LogP contribution < -0.4 is 10.6 Å². The number of ether oxygens (including phenoxy) is 1. The number of aliphatic imine (C=N–C) groups is 1. The number of fused-ring (bicyclic) bond motifs is 1. The Bertz CT molecular complexity index is 706. The standard InChI is InChI=1S/C19H30FN5O.HI/c1-21-19(23-9-11-25(2)10-4-12-26-3)22-8-7-15-14-24-18-13-16(20)5-6-17(15)18;/h5-6,13-14,24H,4,7-12H2,1-3H3,(H2,21,22,23);1H. The van der Waals surface area contributed by atoms with Crippen LogP contribution in [0.25, 0.3) is 10.9 Å². The van der Waals surface area contributed by atoms with Gasteiger partial charge < -0.3 is 25.3 Å². The summed E-state index contributed by atoms with van der Waals surface area (Å²) in [4.78, 5) is 9.64. The molecule has 1 aromatic carbocycles. The number of aromatic amines is 1. The number of likely N-dealkylation sites (N-methyl/N-ethyl adjacent to an activating group) is 1. The van der Waals surface area contributed by atoms with E-state index in [0.717, 1.165) is 62.5 Å². The maximum Gasteiger partial charge on any atom is 0.191 e. The van der Waals surface area contributed by atoms with Crippen LogP contribution in [0, 0.1) is 5.82 Å². The molecule has 0 aliphatic rings. The van der Waals surface area contributed by atoms with Crippen molar-refractivity contribution in [3.63, 3.8) is 0 Å². The Kier molecular flexibility index (Phi) is 11.3. The molecule has 0 saturated carbocycles. The van der Waals surface area contributed by atoms with Gasteiger partial charge in [-0.25, -0.2) is 4.39 Å². The monoisotopic (exact) mass is 491 g/mol. The number of guanidine groups is 1. The Morgan fingerprint density at radius 2 is 2.04 bits per heavy atom. The molecule has 3 N–H and O–H groups in total. The molecule has 0 bridgehead atoms. The van der Waals surface area contributed by atoms with Crippen molar-refractivity contribution < 1.29 is 9.13 Å². The van der Waals surface area contributed by atoms with E-state index in [4.69, 9.17) is 4.74 Å². The SMILES string of the molecule is CN=C(NCCc1c[nH]c2cc(F)ccc12)NCCN(C)CCCOC.I. The second-order valence-corrected chi connectivity index (χ2v) is 6.33. The van der Waals surface area contributed by atoms with Crippen molar-refractivity contribution >= 4 is 40.8 Å². The van der Waals surface area contributed by atoms with Crippen molar-refractivity contribution in [2.45, 2.75) is 12.8 Å². The Labute approximate surface area is 178 Å². The minimum Gasteiger partial charge on any atom is -0.385 e. The van der Waals surface area contributed by atoms with Crippen LogP contribution in [0.5, 0.6) is 0 Å². The Morgan fingerprint density at radius 3 is 2.78 bits per heavy atom. The fourth-order valence-electron chi connectivity index (χ4n) is 2.86. The van der Waals surface area contributed by atoms with Crippen molar-refractivity contribution in [1.82, 2.24) is 20.5 Å². The van der Waals surface area contributed by atoms with Gasteiger partial charge in [0.15, 0.2) is 5.96 Å². The summed E-state index contributed by atoms with van der Waals surface area (Å²) in [5.74, 6) is 0.571. The van der Waals surface area contributed by atoms with Crippen molar-refractivity contribution in [3.05, 3.63) is 35.8 Å². The predicted molar refractivity (Wildman–Crippen MR) is 121 cm³/mol. The van der Waals surface area contributed by atoms with Crippen molar-refractivity contribution in [2.24, 2.45) is 4.99 Å². The largest absolute Gasteiger partial charge is 0.385 e. The molecule has 6 nitrogen and oxygen atoms in total. The van der Waals surface area contributed by atoms with E-state index in [0.29, 0.717) is 0 Å². The first-order valence-electron chi connectivity index (χ1n) is 9.01. The van der Waals surface area contributed by atoms with E-state index in [1.165, 1.54) is 17.7 Å². The molecule has 0 fully saturated rings. The summed E-state index contributed by atoms with van der Waals surface area (Å²) in [6, 6.07) is 4.84. The molecule has 0 amide bonds. The smallest absolute Gasteiger partial charge is 0.191 e. The van der Waals surface area contributed by atoms with E-state index in [-0.39, 0.29) is 29.8 Å². The normalized spacial score (nSPS) is 11.7. The van der Waals surface area contributed by atoms with E-state index >= 15 is 0 Å². The number of rotatable bonds is 10. The molecule has 1 aromatic heterocycles. The molecular formula is C19H31FIN5O. The minimum absolute atomic E-state index is 0. The van der Waals surface area contributed by atoms with Gasteiger partial charge in [-0.1, -0.05) is 0 Å². The van der Waals surface area contributed by atoms with Crippen LogP contribution in [0.1, 0.15) is 12.0 Å². The number of nitrogens with one attached hydrogen (secondary N) is 3. The summed E-state index contributed by atoms with van der Waals surface area (Å²) < 4.78 is 18.3. The molecule has 152 valence electrons. The molecule has 27 heavy (non-hydrogen) atoms. The number of H-pyrrole nitrogens is 1. The first-order valence-corrected chi connectivity index (χ1v) is 9.01. The van der Waals surface area contributed by atoms with Gasteiger partial charge in [0, 0.05) is 64.0 Å². The van der Waals surface area contributed by atoms with E-state index in [2.05, 4.69) is 32.6 Å². The molecule has 8 heteroatoms. The van der Waals surface area contributed by atoms with Crippen LogP contribution in [0.4, 0.5) is 4.39 Å². The Balaban J connectivity index is 0.00000364. The summed E-state index contributed by atoms with van der Waals surface area (Å²) >= 11 is 0. The number of benzene rings is 1. The van der Waals surface area contributed by atoms with Gasteiger partial charge >= 0.3 is 0 Å². The van der Waals surface area contributed by atoms with Crippen LogP contribution >= 0.6 is 24.0 Å². The summed E-state index contributed by atoms with van der Waals surface area (Å²) in [6.07, 6.45) is 3.81. The molecule has 0 saturated heterocycles. The zero-order valence-electron chi connectivity index (χ0n) is 16.3. The van der Waals surface area contributed by atoms with Crippen LogP contribution in [0.3, 0.4) is 0 Å². The van der Waals surface area contributed by atoms with Crippen LogP contribution in [0.2, 0.25) is 0 Å². The third-order valence-corrected chi connectivity index (χ3v) is 4.31. The topological polar surface area (TPSA) is 64.7 Å². The molecule has 1 heterocycles. The summed E-state index contributed by atoms with van der Waals surface area (Å²) in [7, 11) is 5.60. The van der Waals surface area contributed by atoms with Crippen LogP contribution in [-0.4, -0.2) is 69.8 Å². The van der Waals surface area contributed by atoms with E-state index in [9.17, 15) is 4.39 Å². The number of hydrogen-bond acceptors (Lipinski definition) is 3. The maximum absolute atomic E-state index is 13.2. The maximum atomic E-state index is 13.2. The lowest BCUT2D eigenvalue weighted by Gasteiger charge is -2.18. The van der Waals surface area contributed by atoms with Gasteiger partial charge in [0.25, 0.3) is 0 Å². The van der Waals surface area contributed by atoms with E-state index in [1.54, 1.807) is 14.2 Å². The molecule has 0 atom stereocenters. The number of aromatic nitrogens is 1. The highest BCUT2D eigenvalue weighted by atomic mass is 127. The van der Waals surface area contributed by atoms with Gasteiger partial charge in [0.2, 0.25) is 0 Å². The molecule has 0 aliphatic heterocycles. The minimum atomic E-state index is -0.221. The summed E-state index contributed by atoms with van der Waals surface area (Å²) in [6.45, 7) is 4.34. The van der Waals surface area contributed by atoms with Gasteiger partial charge in [-0.15, -0.1) is 24.0 Å². The zero-order chi connectivity index (χ0) is 18.8. The Morgan fingerprint density at radius 1 is 1.26 bits per heavy atom. The molecule has 0 unspecified atom stereocenters. The lowest BCUT2D eigenvalue weighted by atomic mass is 10.1. The van der Waals surface area contributed by atoms with Gasteiger partial charge in [-0.2, -0.15) is 0 Å². The highest BCUT2D eigenvalue weighted by Crippen LogP contribution is 2.19. The predicted octanol–water partition coefficient (Wildman–Crippen LogP) is 2.60. The lowest BCUT2D eigenvalue weighted by molar-refractivity contribution is 0.180. The quantitative estimate of drug-likeness (QED) is 0.207. The van der Waals surface area contributed by atoms with Crippen LogP contribution in [0.15, 0.2) is 29.4 Å². The fraction of sp³-hybridized carbons (Fsp3) is 0.526. The van der Waals surface area contributed by atoms with Gasteiger partial charge in [0.1, 0.15) is 5.82 Å². The fourth-order valence-corrected chi connectivity index (χ4v) is 2.86. The average molecular weight is 491 g/mol. The lowest BCUT2D eigenvalue weighted by Crippen LogP contribution is -2.41.